The van der Waals surface area contributed by atoms with Gasteiger partial charge in [-0.1, -0.05) is 29.4 Å². The molecule has 0 saturated carbocycles. The molecule has 0 spiro atoms. The third-order valence-electron chi connectivity index (χ3n) is 4.83. The zero-order chi connectivity index (χ0) is 20.8. The number of amides is 2. The fourth-order valence-corrected chi connectivity index (χ4v) is 4.51. The van der Waals surface area contributed by atoms with Crippen LogP contribution in [-0.2, 0) is 14.3 Å². The molecule has 2 amide bonds. The van der Waals surface area contributed by atoms with Crippen molar-refractivity contribution in [3.63, 3.8) is 0 Å². The summed E-state index contributed by atoms with van der Waals surface area (Å²) in [7, 11) is 1.52. The van der Waals surface area contributed by atoms with Gasteiger partial charge in [-0.15, -0.1) is 0 Å². The SMILES string of the molecule is COc1ccc([C@H]2CC(=O)NC(SCC(=O)NC[C@@H]3CCCO3)=C2C#N)cc1Cl. The van der Waals surface area contributed by atoms with E-state index >= 15 is 0 Å². The van der Waals surface area contributed by atoms with Crippen LogP contribution in [0, 0.1) is 11.3 Å². The molecule has 0 radical (unpaired) electrons. The Kier molecular flexibility index (Phi) is 7.42. The van der Waals surface area contributed by atoms with Crippen LogP contribution in [0.5, 0.6) is 5.75 Å². The Bertz CT molecular complexity index is 862. The Balaban J connectivity index is 1.70. The highest BCUT2D eigenvalue weighted by Gasteiger charge is 2.30. The number of nitriles is 1. The molecule has 2 aliphatic heterocycles. The molecule has 3 rings (SSSR count). The third kappa shape index (κ3) is 5.44. The largest absolute Gasteiger partial charge is 0.495 e. The second kappa shape index (κ2) is 10.0. The predicted octanol–water partition coefficient (Wildman–Crippen LogP) is 2.72. The molecule has 2 atom stereocenters. The summed E-state index contributed by atoms with van der Waals surface area (Å²) in [6, 6.07) is 7.40. The molecular weight excluding hydrogens is 414 g/mol. The number of nitrogens with zero attached hydrogens (tertiary/aromatic N) is 1. The molecule has 7 nitrogen and oxygen atoms in total. The lowest BCUT2D eigenvalue weighted by Gasteiger charge is -2.25. The second-order valence-corrected chi connectivity index (χ2v) is 8.17. The van der Waals surface area contributed by atoms with Gasteiger partial charge in [0.2, 0.25) is 11.8 Å². The monoisotopic (exact) mass is 435 g/mol. The summed E-state index contributed by atoms with van der Waals surface area (Å²) < 4.78 is 10.6. The average Bonchev–Trinajstić information content (AvgIpc) is 3.23. The number of allylic oxidation sites excluding steroid dienone is 1. The van der Waals surface area contributed by atoms with Gasteiger partial charge in [-0.05, 0) is 30.5 Å². The molecule has 154 valence electrons. The minimum absolute atomic E-state index is 0.0661. The van der Waals surface area contributed by atoms with E-state index in [0.717, 1.165) is 36.8 Å². The first kappa shape index (κ1) is 21.5. The third-order valence-corrected chi connectivity index (χ3v) is 6.15. The van der Waals surface area contributed by atoms with Gasteiger partial charge in [0.25, 0.3) is 0 Å². The molecule has 0 bridgehead atoms. The molecule has 9 heteroatoms. The summed E-state index contributed by atoms with van der Waals surface area (Å²) in [6.07, 6.45) is 2.16. The van der Waals surface area contributed by atoms with Crippen molar-refractivity contribution in [2.24, 2.45) is 0 Å². The standard InChI is InChI=1S/C20H22ClN3O4S/c1-27-17-5-4-12(7-16(17)21)14-8-18(25)24-20(15(14)9-22)29-11-19(26)23-10-13-3-2-6-28-13/h4-5,7,13-14H,2-3,6,8,10-11H2,1H3,(H,23,26)(H,24,25)/t13-,14+/m0/s1. The van der Waals surface area contributed by atoms with Crippen LogP contribution in [0.2, 0.25) is 5.02 Å². The lowest BCUT2D eigenvalue weighted by molar-refractivity contribution is -0.121. The average molecular weight is 436 g/mol. The quantitative estimate of drug-likeness (QED) is 0.683. The van der Waals surface area contributed by atoms with E-state index in [9.17, 15) is 14.9 Å². The van der Waals surface area contributed by atoms with Gasteiger partial charge in [-0.2, -0.15) is 5.26 Å². The summed E-state index contributed by atoms with van der Waals surface area (Å²) in [5.41, 5.74) is 1.17. The number of nitrogens with one attached hydrogen (secondary N) is 2. The first-order chi connectivity index (χ1) is 14.0. The van der Waals surface area contributed by atoms with Crippen molar-refractivity contribution < 1.29 is 19.1 Å². The summed E-state index contributed by atoms with van der Waals surface area (Å²) in [4.78, 5) is 24.4. The van der Waals surface area contributed by atoms with Gasteiger partial charge in [-0.3, -0.25) is 9.59 Å². The number of thioether (sulfide) groups is 1. The summed E-state index contributed by atoms with van der Waals surface area (Å²) in [5.74, 6) is -0.170. The minimum atomic E-state index is -0.422. The van der Waals surface area contributed by atoms with E-state index in [1.54, 1.807) is 18.2 Å². The van der Waals surface area contributed by atoms with Gasteiger partial charge in [0, 0.05) is 25.5 Å². The fraction of sp³-hybridized carbons (Fsp3) is 0.450. The van der Waals surface area contributed by atoms with E-state index < -0.39 is 5.92 Å². The van der Waals surface area contributed by atoms with Crippen molar-refractivity contribution in [1.82, 2.24) is 10.6 Å². The molecule has 0 aromatic heterocycles. The molecule has 2 N–H and O–H groups in total. The van der Waals surface area contributed by atoms with Crippen molar-refractivity contribution in [1.29, 1.82) is 5.26 Å². The smallest absolute Gasteiger partial charge is 0.230 e. The summed E-state index contributed by atoms with van der Waals surface area (Å²) >= 11 is 7.36. The Labute approximate surface area is 178 Å². The zero-order valence-electron chi connectivity index (χ0n) is 16.0. The molecule has 1 aromatic rings. The minimum Gasteiger partial charge on any atom is -0.495 e. The van der Waals surface area contributed by atoms with Crippen LogP contribution in [-0.4, -0.2) is 43.9 Å². The lowest BCUT2D eigenvalue weighted by Crippen LogP contribution is -2.34. The number of methoxy groups -OCH3 is 1. The lowest BCUT2D eigenvalue weighted by atomic mass is 9.87. The number of rotatable bonds is 7. The van der Waals surface area contributed by atoms with E-state index in [1.165, 1.54) is 7.11 Å². The molecule has 1 saturated heterocycles. The molecule has 29 heavy (non-hydrogen) atoms. The normalized spacial score (nSPS) is 21.5. The number of ether oxygens (including phenoxy) is 2. The maximum Gasteiger partial charge on any atom is 0.230 e. The maximum atomic E-state index is 12.2. The van der Waals surface area contributed by atoms with E-state index in [4.69, 9.17) is 21.1 Å². The molecule has 2 heterocycles. The predicted molar refractivity (Wildman–Crippen MR) is 111 cm³/mol. The van der Waals surface area contributed by atoms with E-state index in [2.05, 4.69) is 16.7 Å². The van der Waals surface area contributed by atoms with Crippen LogP contribution in [0.25, 0.3) is 0 Å². The van der Waals surface area contributed by atoms with E-state index in [0.29, 0.717) is 27.9 Å². The van der Waals surface area contributed by atoms with Gasteiger partial charge >= 0.3 is 0 Å². The Hall–Kier alpha value is -2.21. The maximum absolute atomic E-state index is 12.2. The topological polar surface area (TPSA) is 100 Å². The summed E-state index contributed by atoms with van der Waals surface area (Å²) in [6.45, 7) is 1.21. The van der Waals surface area contributed by atoms with Crippen molar-refractivity contribution in [2.45, 2.75) is 31.3 Å². The number of carbonyl (C=O) groups is 2. The van der Waals surface area contributed by atoms with Crippen molar-refractivity contribution in [3.05, 3.63) is 39.4 Å². The first-order valence-corrected chi connectivity index (χ1v) is 10.7. The number of hydrogen-bond donors (Lipinski definition) is 2. The molecule has 1 fully saturated rings. The number of benzene rings is 1. The van der Waals surface area contributed by atoms with Gasteiger partial charge in [-0.25, -0.2) is 0 Å². The highest BCUT2D eigenvalue weighted by atomic mass is 35.5. The van der Waals surface area contributed by atoms with Crippen LogP contribution in [0.4, 0.5) is 0 Å². The Morgan fingerprint density at radius 3 is 3.00 bits per heavy atom. The Morgan fingerprint density at radius 2 is 2.34 bits per heavy atom. The van der Waals surface area contributed by atoms with Crippen LogP contribution in [0.15, 0.2) is 28.8 Å². The van der Waals surface area contributed by atoms with Crippen LogP contribution >= 0.6 is 23.4 Å². The Morgan fingerprint density at radius 1 is 1.52 bits per heavy atom. The molecular formula is C20H22ClN3O4S. The first-order valence-electron chi connectivity index (χ1n) is 9.30. The number of halogens is 1. The number of hydrogen-bond acceptors (Lipinski definition) is 6. The highest BCUT2D eigenvalue weighted by Crippen LogP contribution is 2.38. The molecule has 0 aliphatic carbocycles. The summed E-state index contributed by atoms with van der Waals surface area (Å²) in [5, 5.41) is 16.1. The van der Waals surface area contributed by atoms with Gasteiger partial charge in [0.05, 0.1) is 40.7 Å². The van der Waals surface area contributed by atoms with E-state index in [1.807, 2.05) is 0 Å². The van der Waals surface area contributed by atoms with Crippen molar-refractivity contribution in [2.75, 3.05) is 26.0 Å². The van der Waals surface area contributed by atoms with Crippen molar-refractivity contribution in [3.8, 4) is 11.8 Å². The fourth-order valence-electron chi connectivity index (χ4n) is 3.34. The molecule has 2 aliphatic rings. The van der Waals surface area contributed by atoms with Crippen LogP contribution in [0.3, 0.4) is 0 Å². The van der Waals surface area contributed by atoms with E-state index in [-0.39, 0.29) is 30.1 Å². The molecule has 0 unspecified atom stereocenters. The van der Waals surface area contributed by atoms with Gasteiger partial charge in [0.15, 0.2) is 0 Å². The zero-order valence-corrected chi connectivity index (χ0v) is 17.6. The van der Waals surface area contributed by atoms with Gasteiger partial charge < -0.3 is 20.1 Å². The number of carbonyl (C=O) groups excluding carboxylic acids is 2. The van der Waals surface area contributed by atoms with Gasteiger partial charge in [0.1, 0.15) is 5.75 Å². The second-order valence-electron chi connectivity index (χ2n) is 6.78. The van der Waals surface area contributed by atoms with Crippen molar-refractivity contribution >= 4 is 35.2 Å². The van der Waals surface area contributed by atoms with Crippen LogP contribution < -0.4 is 15.4 Å². The van der Waals surface area contributed by atoms with Crippen LogP contribution in [0.1, 0.15) is 30.7 Å². The highest BCUT2D eigenvalue weighted by molar-refractivity contribution is 8.03. The molecule has 1 aromatic carbocycles.